The first kappa shape index (κ1) is 45.0. The van der Waals surface area contributed by atoms with E-state index in [-0.39, 0.29) is 10.8 Å². The molecule has 0 unspecified atom stereocenters. The lowest BCUT2D eigenvalue weighted by atomic mass is 9.70. The maximum Gasteiger partial charge on any atom is 0.160 e. The molecule has 2 aromatic heterocycles. The van der Waals surface area contributed by atoms with Gasteiger partial charge in [-0.3, -0.25) is 0 Å². The smallest absolute Gasteiger partial charge is 0.160 e. The van der Waals surface area contributed by atoms with Crippen molar-refractivity contribution in [3.8, 4) is 22.3 Å². The predicted octanol–water partition coefficient (Wildman–Crippen LogP) is 20.0. The fraction of sp³-hybridized carbons (Fsp3) is 0.155. The number of aryl methyl sites for hydroxylation is 2. The van der Waals surface area contributed by atoms with Crippen LogP contribution in [0.25, 0.3) is 66.1 Å². The van der Waals surface area contributed by atoms with Crippen LogP contribution in [0.4, 0.5) is 34.1 Å². The van der Waals surface area contributed by atoms with Crippen molar-refractivity contribution < 1.29 is 8.83 Å². The molecule has 14 rings (SSSR count). The molecule has 0 atom stereocenters. The SMILES string of the molecule is Cc1ccc(N(c2ccc(C(C)(C)C)cc2)c2cc3c(c4c2oc2ccccc24)-c2c(cc(N(c4ccc(C)cc4)c4ccc(C(C)(C)C)cc4)c4c2oc2ccccc24)C32c3ccccc3-c3ccccc32)cc1. The largest absolute Gasteiger partial charge is 0.455 e. The first-order chi connectivity index (χ1) is 36.3. The highest BCUT2D eigenvalue weighted by Crippen LogP contribution is 2.68. The van der Waals surface area contributed by atoms with Crippen LogP contribution < -0.4 is 9.80 Å². The van der Waals surface area contributed by atoms with Crippen molar-refractivity contribution in [1.82, 2.24) is 0 Å². The van der Waals surface area contributed by atoms with Gasteiger partial charge in [0.2, 0.25) is 0 Å². The van der Waals surface area contributed by atoms with E-state index in [0.29, 0.717) is 0 Å². The number of fused-ring (bicyclic) bond motifs is 18. The van der Waals surface area contributed by atoms with Crippen LogP contribution in [0.1, 0.15) is 86.1 Å². The summed E-state index contributed by atoms with van der Waals surface area (Å²) in [5.74, 6) is 0. The fourth-order valence-corrected chi connectivity index (χ4v) is 12.6. The van der Waals surface area contributed by atoms with Gasteiger partial charge < -0.3 is 18.6 Å². The molecular formula is C71H58N2O2. The van der Waals surface area contributed by atoms with Gasteiger partial charge in [0, 0.05) is 50.0 Å². The minimum Gasteiger partial charge on any atom is -0.455 e. The van der Waals surface area contributed by atoms with Crippen LogP contribution in [0.2, 0.25) is 0 Å². The number of furan rings is 2. The number of hydrogen-bond donors (Lipinski definition) is 0. The van der Waals surface area contributed by atoms with E-state index < -0.39 is 5.41 Å². The van der Waals surface area contributed by atoms with Gasteiger partial charge in [0.15, 0.2) is 5.58 Å². The molecule has 0 saturated carbocycles. The van der Waals surface area contributed by atoms with E-state index in [1.54, 1.807) is 0 Å². The molecule has 75 heavy (non-hydrogen) atoms. The first-order valence-corrected chi connectivity index (χ1v) is 26.4. The summed E-state index contributed by atoms with van der Waals surface area (Å²) in [5.41, 5.74) is 23.4. The Labute approximate surface area is 439 Å². The molecular weight excluding hydrogens is 913 g/mol. The quantitative estimate of drug-likeness (QED) is 0.166. The van der Waals surface area contributed by atoms with Crippen LogP contribution in [0, 0.1) is 13.8 Å². The Morgan fingerprint density at radius 3 is 1.24 bits per heavy atom. The van der Waals surface area contributed by atoms with Gasteiger partial charge in [-0.15, -0.1) is 0 Å². The normalized spacial score (nSPS) is 13.4. The standard InChI is InChI=1S/C71H58N2O2/c1-43-25-33-47(34-26-43)72(49-37-29-45(30-38-49)69(3,4)5)59-41-58-66(68-63(59)53-19-11-15-23-61(53)75-68)65-57(71(58)55-21-13-9-17-51(55)52-18-10-14-22-56(52)71)42-60(67-64(65)54-20-12-16-24-62(54)74-67)73(48-35-27-44(2)28-36-48)50-39-31-46(32-40-50)70(6,7)8/h9-42H,1-8H3. The zero-order valence-corrected chi connectivity index (χ0v) is 43.8. The molecule has 10 aromatic carbocycles. The van der Waals surface area contributed by atoms with E-state index in [4.69, 9.17) is 8.83 Å². The van der Waals surface area contributed by atoms with E-state index in [1.165, 1.54) is 55.6 Å². The Kier molecular flexibility index (Phi) is 9.73. The van der Waals surface area contributed by atoms with E-state index in [9.17, 15) is 0 Å². The van der Waals surface area contributed by atoms with Crippen LogP contribution in [0.5, 0.6) is 0 Å². The Bertz CT molecular complexity index is 4210. The second kappa shape index (κ2) is 16.2. The van der Waals surface area contributed by atoms with Gasteiger partial charge in [0.05, 0.1) is 22.2 Å². The molecule has 0 radical (unpaired) electrons. The minimum absolute atomic E-state index is 0.0113. The van der Waals surface area contributed by atoms with Crippen molar-refractivity contribution in [1.29, 1.82) is 0 Å². The van der Waals surface area contributed by atoms with Gasteiger partial charge in [-0.2, -0.15) is 0 Å². The Morgan fingerprint density at radius 2 is 0.747 bits per heavy atom. The maximum absolute atomic E-state index is 7.51. The number of hydrogen-bond acceptors (Lipinski definition) is 4. The second-order valence-electron chi connectivity index (χ2n) is 23.0. The molecule has 0 amide bonds. The van der Waals surface area contributed by atoms with Gasteiger partial charge in [0.1, 0.15) is 16.7 Å². The minimum atomic E-state index is -0.787. The van der Waals surface area contributed by atoms with Crippen LogP contribution in [-0.2, 0) is 16.2 Å². The second-order valence-corrected chi connectivity index (χ2v) is 23.0. The van der Waals surface area contributed by atoms with Gasteiger partial charge in [-0.05, 0) is 142 Å². The van der Waals surface area contributed by atoms with Gasteiger partial charge in [-0.1, -0.05) is 186 Å². The predicted molar refractivity (Wildman–Crippen MR) is 314 cm³/mol. The summed E-state index contributed by atoms with van der Waals surface area (Å²) in [5, 5.41) is 4.27. The van der Waals surface area contributed by atoms with Crippen molar-refractivity contribution in [2.45, 2.75) is 71.6 Å². The summed E-state index contributed by atoms with van der Waals surface area (Å²) in [6.07, 6.45) is 0. The van der Waals surface area contributed by atoms with Crippen molar-refractivity contribution in [3.63, 3.8) is 0 Å². The summed E-state index contributed by atoms with van der Waals surface area (Å²) in [6.45, 7) is 18.0. The maximum atomic E-state index is 7.51. The number of benzene rings is 10. The summed E-state index contributed by atoms with van der Waals surface area (Å²) < 4.78 is 14.9. The molecule has 4 nitrogen and oxygen atoms in total. The van der Waals surface area contributed by atoms with Gasteiger partial charge in [0.25, 0.3) is 0 Å². The van der Waals surface area contributed by atoms with Crippen LogP contribution >= 0.6 is 0 Å². The number of rotatable bonds is 6. The number of anilines is 6. The van der Waals surface area contributed by atoms with Crippen LogP contribution in [0.3, 0.4) is 0 Å². The third-order valence-electron chi connectivity index (χ3n) is 16.3. The third kappa shape index (κ3) is 6.61. The lowest BCUT2D eigenvalue weighted by Crippen LogP contribution is -2.26. The zero-order chi connectivity index (χ0) is 51.1. The highest BCUT2D eigenvalue weighted by Gasteiger charge is 2.54. The van der Waals surface area contributed by atoms with Crippen LogP contribution in [-0.4, -0.2) is 0 Å². The molecule has 2 aliphatic rings. The van der Waals surface area contributed by atoms with Gasteiger partial charge in [-0.25, -0.2) is 0 Å². The summed E-state index contributed by atoms with van der Waals surface area (Å²) in [6, 6.07) is 76.7. The molecule has 364 valence electrons. The van der Waals surface area contributed by atoms with E-state index in [2.05, 4.69) is 271 Å². The van der Waals surface area contributed by atoms with Gasteiger partial charge >= 0.3 is 0 Å². The molecule has 0 aliphatic heterocycles. The Morgan fingerprint density at radius 1 is 0.360 bits per heavy atom. The lowest BCUT2D eigenvalue weighted by Gasteiger charge is -2.33. The molecule has 12 aromatic rings. The summed E-state index contributed by atoms with van der Waals surface area (Å²) in [4.78, 5) is 4.89. The summed E-state index contributed by atoms with van der Waals surface area (Å²) in [7, 11) is 0. The average Bonchev–Trinajstić information content (AvgIpc) is 4.37. The molecule has 0 saturated heterocycles. The molecule has 2 heterocycles. The van der Waals surface area contributed by atoms with Crippen molar-refractivity contribution in [2.24, 2.45) is 0 Å². The molecule has 0 fully saturated rings. The first-order valence-electron chi connectivity index (χ1n) is 26.4. The number of nitrogens with zero attached hydrogens (tertiary/aromatic N) is 2. The van der Waals surface area contributed by atoms with Crippen LogP contribution in [0.15, 0.2) is 215 Å². The highest BCUT2D eigenvalue weighted by atomic mass is 16.3. The van der Waals surface area contributed by atoms with Crippen molar-refractivity contribution in [2.75, 3.05) is 9.80 Å². The molecule has 2 aliphatic carbocycles. The lowest BCUT2D eigenvalue weighted by molar-refractivity contribution is 0.590. The van der Waals surface area contributed by atoms with E-state index >= 15 is 0 Å². The Hall–Kier alpha value is -8.60. The fourth-order valence-electron chi connectivity index (χ4n) is 12.6. The average molecular weight is 971 g/mol. The molecule has 0 bridgehead atoms. The van der Waals surface area contributed by atoms with Crippen molar-refractivity contribution >= 4 is 78.0 Å². The third-order valence-corrected chi connectivity index (χ3v) is 16.3. The molecule has 0 N–H and O–H groups in total. The monoisotopic (exact) mass is 970 g/mol. The molecule has 1 spiro atoms. The number of para-hydroxylation sites is 2. The summed E-state index contributed by atoms with van der Waals surface area (Å²) >= 11 is 0. The zero-order valence-electron chi connectivity index (χ0n) is 43.8. The van der Waals surface area contributed by atoms with E-state index in [0.717, 1.165) is 89.1 Å². The molecule has 4 heteroatoms. The Balaban J connectivity index is 1.18. The highest BCUT2D eigenvalue weighted by molar-refractivity contribution is 6.26. The topological polar surface area (TPSA) is 32.8 Å². The van der Waals surface area contributed by atoms with E-state index in [1.807, 2.05) is 0 Å². The van der Waals surface area contributed by atoms with Crippen molar-refractivity contribution in [3.05, 3.63) is 251 Å².